The minimum absolute atomic E-state index is 0.0311. The van der Waals surface area contributed by atoms with Crippen LogP contribution in [0.2, 0.25) is 0 Å². The lowest BCUT2D eigenvalue weighted by Crippen LogP contribution is -2.37. The van der Waals surface area contributed by atoms with E-state index in [4.69, 9.17) is 18.5 Å². The Morgan fingerprint density at radius 3 is 0.956 bits per heavy atom. The molecule has 0 fully saturated rings. The molecule has 0 bridgehead atoms. The zero-order chi connectivity index (χ0) is 65.5. The number of carbonyl (C=O) groups is 2. The van der Waals surface area contributed by atoms with Crippen LogP contribution in [0.25, 0.3) is 0 Å². The van der Waals surface area contributed by atoms with E-state index in [2.05, 4.69) is 111 Å². The number of quaternary nitrogens is 1. The Morgan fingerprint density at radius 1 is 0.356 bits per heavy atom. The Kier molecular flexibility index (Phi) is 67.9. The van der Waals surface area contributed by atoms with Crippen LogP contribution in [0.1, 0.15) is 348 Å². The molecular weight excluding hydrogens is 1130 g/mol. The SMILES string of the molecule is CC/C=C\C/C=C\C/C=C\C/C=C\C/C=C\C/C=C\C/C=C\CCCCCCCCCCCCCCCCCCCC(=O)OC(COC(=O)CCCCCCCCCCCCCCCCC/C=C\CCCCCCCCCC)COP(=O)(O)OCC[N+](C)(C)C. The third-order valence-electron chi connectivity index (χ3n) is 16.6. The third-order valence-corrected chi connectivity index (χ3v) is 17.6. The molecule has 1 N–H and O–H groups in total. The van der Waals surface area contributed by atoms with Crippen LogP contribution in [-0.2, 0) is 32.7 Å². The number of likely N-dealkylation sites (N-methyl/N-ethyl adjacent to an activating group) is 1. The Bertz CT molecular complexity index is 1840. The number of phosphoric ester groups is 1. The van der Waals surface area contributed by atoms with E-state index in [1.807, 2.05) is 21.1 Å². The topological polar surface area (TPSA) is 108 Å². The lowest BCUT2D eigenvalue weighted by atomic mass is 10.0. The molecule has 0 aliphatic heterocycles. The van der Waals surface area contributed by atoms with Crippen LogP contribution in [0.15, 0.2) is 97.2 Å². The van der Waals surface area contributed by atoms with E-state index in [1.165, 1.54) is 238 Å². The van der Waals surface area contributed by atoms with Crippen molar-refractivity contribution in [2.75, 3.05) is 47.5 Å². The molecule has 522 valence electrons. The van der Waals surface area contributed by atoms with Crippen molar-refractivity contribution in [2.45, 2.75) is 354 Å². The zero-order valence-corrected chi connectivity index (χ0v) is 60.5. The predicted molar refractivity (Wildman–Crippen MR) is 390 cm³/mol. The smallest absolute Gasteiger partial charge is 0.462 e. The summed E-state index contributed by atoms with van der Waals surface area (Å²) in [6.07, 6.45) is 98.2. The number of nitrogens with zero attached hydrogens (tertiary/aromatic N) is 1. The van der Waals surface area contributed by atoms with Crippen molar-refractivity contribution in [3.8, 4) is 0 Å². The molecule has 9 nitrogen and oxygen atoms in total. The van der Waals surface area contributed by atoms with Gasteiger partial charge in [0.25, 0.3) is 0 Å². The summed E-state index contributed by atoms with van der Waals surface area (Å²) in [5, 5.41) is 0. The number of ether oxygens (including phenoxy) is 2. The minimum Gasteiger partial charge on any atom is -0.462 e. The monoisotopic (exact) mass is 1280 g/mol. The molecule has 90 heavy (non-hydrogen) atoms. The van der Waals surface area contributed by atoms with Crippen molar-refractivity contribution in [1.82, 2.24) is 0 Å². The van der Waals surface area contributed by atoms with Crippen LogP contribution < -0.4 is 0 Å². The molecule has 0 heterocycles. The van der Waals surface area contributed by atoms with Crippen LogP contribution in [0.4, 0.5) is 0 Å². The number of carbonyl (C=O) groups excluding carboxylic acids is 2. The van der Waals surface area contributed by atoms with Gasteiger partial charge in [-0.2, -0.15) is 0 Å². The van der Waals surface area contributed by atoms with Crippen LogP contribution in [-0.4, -0.2) is 74.9 Å². The summed E-state index contributed by atoms with van der Waals surface area (Å²) in [5.41, 5.74) is 0. The number of allylic oxidation sites excluding steroid dienone is 16. The van der Waals surface area contributed by atoms with Crippen molar-refractivity contribution in [3.05, 3.63) is 97.2 Å². The summed E-state index contributed by atoms with van der Waals surface area (Å²) in [6, 6.07) is 0. The van der Waals surface area contributed by atoms with E-state index in [9.17, 15) is 19.0 Å². The van der Waals surface area contributed by atoms with Crippen LogP contribution >= 0.6 is 7.82 Å². The van der Waals surface area contributed by atoms with Gasteiger partial charge in [0.15, 0.2) is 6.10 Å². The lowest BCUT2D eigenvalue weighted by Gasteiger charge is -2.24. The van der Waals surface area contributed by atoms with Gasteiger partial charge in [0.2, 0.25) is 0 Å². The second-order valence-corrected chi connectivity index (χ2v) is 28.1. The van der Waals surface area contributed by atoms with Gasteiger partial charge in [-0.1, -0.05) is 336 Å². The molecule has 0 aromatic carbocycles. The summed E-state index contributed by atoms with van der Waals surface area (Å²) < 4.78 is 34.8. The third kappa shape index (κ3) is 74.0. The van der Waals surface area contributed by atoms with Crippen molar-refractivity contribution in [1.29, 1.82) is 0 Å². The zero-order valence-electron chi connectivity index (χ0n) is 59.6. The van der Waals surface area contributed by atoms with E-state index in [-0.39, 0.29) is 25.6 Å². The van der Waals surface area contributed by atoms with Crippen LogP contribution in [0, 0.1) is 0 Å². The fourth-order valence-electron chi connectivity index (χ4n) is 10.8. The summed E-state index contributed by atoms with van der Waals surface area (Å²) in [5.74, 6) is -0.783. The molecule has 0 aromatic heterocycles. The summed E-state index contributed by atoms with van der Waals surface area (Å²) >= 11 is 0. The van der Waals surface area contributed by atoms with Gasteiger partial charge in [-0.05, 0) is 96.3 Å². The second kappa shape index (κ2) is 70.3. The van der Waals surface area contributed by atoms with E-state index in [1.54, 1.807) is 0 Å². The molecule has 0 rings (SSSR count). The highest BCUT2D eigenvalue weighted by Gasteiger charge is 2.27. The van der Waals surface area contributed by atoms with Gasteiger partial charge in [-0.15, -0.1) is 0 Å². The van der Waals surface area contributed by atoms with E-state index >= 15 is 0 Å². The molecule has 0 saturated carbocycles. The van der Waals surface area contributed by atoms with Crippen LogP contribution in [0.3, 0.4) is 0 Å². The average molecular weight is 1280 g/mol. The van der Waals surface area contributed by atoms with Gasteiger partial charge >= 0.3 is 19.8 Å². The van der Waals surface area contributed by atoms with E-state index < -0.39 is 26.5 Å². The Labute approximate surface area is 557 Å². The van der Waals surface area contributed by atoms with E-state index in [0.717, 1.165) is 77.0 Å². The maximum absolute atomic E-state index is 12.9. The Hall–Kier alpha value is -3.07. The van der Waals surface area contributed by atoms with Crippen molar-refractivity contribution in [3.63, 3.8) is 0 Å². The number of esters is 2. The van der Waals surface area contributed by atoms with Gasteiger partial charge < -0.3 is 18.9 Å². The normalized spacial score (nSPS) is 13.6. The average Bonchev–Trinajstić information content (AvgIpc) is 3.58. The number of unbranched alkanes of at least 4 members (excludes halogenated alkanes) is 40. The van der Waals surface area contributed by atoms with Crippen molar-refractivity contribution in [2.24, 2.45) is 0 Å². The maximum atomic E-state index is 12.9. The van der Waals surface area contributed by atoms with Crippen molar-refractivity contribution < 1.29 is 42.1 Å². The summed E-state index contributed by atoms with van der Waals surface area (Å²) in [6.45, 7) is 4.37. The fourth-order valence-corrected chi connectivity index (χ4v) is 11.6. The second-order valence-electron chi connectivity index (χ2n) is 26.7. The molecule has 0 aliphatic rings. The van der Waals surface area contributed by atoms with E-state index in [0.29, 0.717) is 23.9 Å². The van der Waals surface area contributed by atoms with Gasteiger partial charge in [-0.3, -0.25) is 18.6 Å². The highest BCUT2D eigenvalue weighted by molar-refractivity contribution is 7.47. The standard InChI is InChI=1S/C80H144NO8P/c1-6-8-10-12-14-16-18-20-22-24-26-28-30-32-34-35-36-37-38-39-40-41-42-43-44-45-47-49-51-53-55-57-59-61-63-65-67-69-71-73-80(83)89-78(77-88-90(84,85)87-75-74-81(3,4)5)76-86-79(82)72-70-68-66-64-62-60-58-56-54-52-50-48-46-33-31-29-27-25-23-21-19-17-15-13-11-9-7-2/h8,10,14,16,20,22,25-28,32,34,36-37,39-40,78H,6-7,9,11-13,15,17-19,21,23-24,29-31,33,35,38,41-77H2,1-5H3/p+1/b10-8-,16-14-,22-20-,27-25-,28-26-,34-32-,37-36-,40-39-. The van der Waals surface area contributed by atoms with Gasteiger partial charge in [0.1, 0.15) is 19.8 Å². The molecule has 0 radical (unpaired) electrons. The molecule has 0 spiro atoms. The van der Waals surface area contributed by atoms with Crippen molar-refractivity contribution >= 4 is 19.8 Å². The molecular formula is C80H145NO8P+. The van der Waals surface area contributed by atoms with Gasteiger partial charge in [0, 0.05) is 12.8 Å². The largest absolute Gasteiger partial charge is 0.472 e. The van der Waals surface area contributed by atoms with Gasteiger partial charge in [0.05, 0.1) is 27.7 Å². The summed E-state index contributed by atoms with van der Waals surface area (Å²) in [7, 11) is 1.49. The highest BCUT2D eigenvalue weighted by Crippen LogP contribution is 2.43. The van der Waals surface area contributed by atoms with Gasteiger partial charge in [-0.25, -0.2) is 4.57 Å². The molecule has 0 aliphatic carbocycles. The fraction of sp³-hybridized carbons (Fsp3) is 0.775. The molecule has 2 atom stereocenters. The first-order valence-electron chi connectivity index (χ1n) is 38.0. The minimum atomic E-state index is -4.40. The Balaban J connectivity index is 3.98. The molecule has 0 saturated heterocycles. The number of rotatable bonds is 70. The number of phosphoric acid groups is 1. The molecule has 0 aromatic rings. The lowest BCUT2D eigenvalue weighted by molar-refractivity contribution is -0.870. The summed E-state index contributed by atoms with van der Waals surface area (Å²) in [4.78, 5) is 35.9. The first-order valence-corrected chi connectivity index (χ1v) is 39.5. The maximum Gasteiger partial charge on any atom is 0.472 e. The number of hydrogen-bond acceptors (Lipinski definition) is 7. The first-order chi connectivity index (χ1) is 44.0. The number of hydrogen-bond donors (Lipinski definition) is 1. The molecule has 10 heteroatoms. The first kappa shape index (κ1) is 86.9. The molecule has 2 unspecified atom stereocenters. The van der Waals surface area contributed by atoms with Crippen LogP contribution in [0.5, 0.6) is 0 Å². The molecule has 0 amide bonds. The predicted octanol–water partition coefficient (Wildman–Crippen LogP) is 25.1. The highest BCUT2D eigenvalue weighted by atomic mass is 31.2. The Morgan fingerprint density at radius 2 is 0.633 bits per heavy atom. The quantitative estimate of drug-likeness (QED) is 0.0211.